The van der Waals surface area contributed by atoms with Gasteiger partial charge in [0.15, 0.2) is 0 Å². The van der Waals surface area contributed by atoms with E-state index in [2.05, 4.69) is 25.2 Å². The number of hydrogen-bond acceptors (Lipinski definition) is 7. The highest BCUT2D eigenvalue weighted by molar-refractivity contribution is 5.77. The fourth-order valence-corrected chi connectivity index (χ4v) is 4.10. The van der Waals surface area contributed by atoms with E-state index in [9.17, 15) is 9.59 Å². The number of aromatic amines is 1. The smallest absolute Gasteiger partial charge is 0.349 e. The molecule has 188 valence electrons. The fourth-order valence-electron chi connectivity index (χ4n) is 4.10. The van der Waals surface area contributed by atoms with Gasteiger partial charge in [-0.15, -0.1) is 0 Å². The number of H-pyrrole nitrogens is 1. The molecule has 3 heterocycles. The number of carboxylic acids is 2. The number of para-hydroxylation sites is 2. The average molecular weight is 485 g/mol. The maximum absolute atomic E-state index is 12.4. The number of hydrogen-bond donors (Lipinski definition) is 4. The van der Waals surface area contributed by atoms with Crippen LogP contribution in [0, 0.1) is 12.8 Å². The molecule has 0 unspecified atom stereocenters. The number of carboxylic acid groups (broad SMARTS) is 2. The predicted octanol–water partition coefficient (Wildman–Crippen LogP) is 2.71. The summed E-state index contributed by atoms with van der Waals surface area (Å²) in [4.78, 5) is 46.4. The zero-order valence-electron chi connectivity index (χ0n) is 20.0. The van der Waals surface area contributed by atoms with Crippen molar-refractivity contribution >= 4 is 34.7 Å². The number of nitrogens with one attached hydrogen (secondary N) is 2. The summed E-state index contributed by atoms with van der Waals surface area (Å²) in [5.41, 5.74) is 2.60. The summed E-state index contributed by atoms with van der Waals surface area (Å²) in [6.07, 6.45) is 4.27. The van der Waals surface area contributed by atoms with E-state index in [0.717, 1.165) is 67.8 Å². The fraction of sp³-hybridized carbons (Fsp3) is 0.458. The third-order valence-corrected chi connectivity index (χ3v) is 5.80. The second-order valence-electron chi connectivity index (χ2n) is 8.65. The summed E-state index contributed by atoms with van der Waals surface area (Å²) >= 11 is 0. The first-order valence-electron chi connectivity index (χ1n) is 11.7. The number of carbonyl (C=O) groups is 2. The number of fused-ring (bicyclic) bond motifs is 1. The molecule has 0 aliphatic carbocycles. The predicted molar refractivity (Wildman–Crippen MR) is 133 cm³/mol. The Hall–Kier alpha value is -3.89. The van der Waals surface area contributed by atoms with Crippen LogP contribution in [0.3, 0.4) is 0 Å². The van der Waals surface area contributed by atoms with Crippen LogP contribution < -0.4 is 15.9 Å². The zero-order valence-corrected chi connectivity index (χ0v) is 20.0. The van der Waals surface area contributed by atoms with E-state index in [4.69, 9.17) is 15.0 Å². The highest BCUT2D eigenvalue weighted by atomic mass is 16.4. The van der Waals surface area contributed by atoms with Gasteiger partial charge in [-0.25, -0.2) is 9.78 Å². The first-order valence-corrected chi connectivity index (χ1v) is 11.7. The van der Waals surface area contributed by atoms with Gasteiger partial charge in [0.25, 0.3) is 5.97 Å². The molecule has 1 aromatic carbocycles. The zero-order chi connectivity index (χ0) is 25.4. The molecule has 1 fully saturated rings. The molecule has 0 spiro atoms. The molecule has 0 bridgehead atoms. The van der Waals surface area contributed by atoms with Gasteiger partial charge in [0.05, 0.1) is 11.0 Å². The molecule has 11 heteroatoms. The summed E-state index contributed by atoms with van der Waals surface area (Å²) < 4.78 is 1.51. The molecule has 35 heavy (non-hydrogen) atoms. The van der Waals surface area contributed by atoms with E-state index in [1.54, 1.807) is 6.20 Å². The molecular formula is C24H32N6O5. The number of imidazole rings is 1. The Morgan fingerprint density at radius 3 is 2.51 bits per heavy atom. The minimum absolute atomic E-state index is 0.0445. The quantitative estimate of drug-likeness (QED) is 0.378. The number of nitrogens with zero attached hydrogens (tertiary/aromatic N) is 4. The number of aliphatic carboxylic acids is 2. The van der Waals surface area contributed by atoms with Gasteiger partial charge in [-0.3, -0.25) is 14.2 Å². The van der Waals surface area contributed by atoms with Gasteiger partial charge < -0.3 is 25.4 Å². The average Bonchev–Trinajstić information content (AvgIpc) is 3.23. The lowest BCUT2D eigenvalue weighted by Gasteiger charge is -2.33. The van der Waals surface area contributed by atoms with Crippen LogP contribution in [0.4, 0.5) is 11.8 Å². The maximum atomic E-state index is 12.4. The van der Waals surface area contributed by atoms with Crippen LogP contribution >= 0.6 is 0 Å². The highest BCUT2D eigenvalue weighted by Crippen LogP contribution is 2.24. The topological polar surface area (TPSA) is 153 Å². The largest absolute Gasteiger partial charge is 0.481 e. The van der Waals surface area contributed by atoms with Gasteiger partial charge in [0.2, 0.25) is 5.95 Å². The van der Waals surface area contributed by atoms with Gasteiger partial charge in [-0.1, -0.05) is 12.1 Å². The van der Waals surface area contributed by atoms with Crippen LogP contribution in [0.25, 0.3) is 11.0 Å². The molecule has 4 N–H and O–H groups in total. The first kappa shape index (κ1) is 25.7. The van der Waals surface area contributed by atoms with Crippen molar-refractivity contribution in [1.82, 2.24) is 19.5 Å². The van der Waals surface area contributed by atoms with Crippen LogP contribution in [0.5, 0.6) is 0 Å². The SMILES string of the molecule is CC(=O)O.Cc1cn(CCCC(=O)O)c(=O)nc1N1CCC(CNc2nc3ccccc3[nH]2)CC1. The van der Waals surface area contributed by atoms with Crippen LogP contribution in [-0.4, -0.2) is 61.3 Å². The molecular weight excluding hydrogens is 452 g/mol. The van der Waals surface area contributed by atoms with E-state index in [0.29, 0.717) is 18.9 Å². The Balaban J connectivity index is 0.000000795. The molecule has 2 aromatic heterocycles. The highest BCUT2D eigenvalue weighted by Gasteiger charge is 2.22. The minimum Gasteiger partial charge on any atom is -0.481 e. The van der Waals surface area contributed by atoms with E-state index in [1.807, 2.05) is 31.2 Å². The Morgan fingerprint density at radius 1 is 1.17 bits per heavy atom. The number of aryl methyl sites for hydroxylation is 2. The number of piperidine rings is 1. The Kier molecular flexibility index (Phi) is 8.82. The molecule has 3 aromatic rings. The summed E-state index contributed by atoms with van der Waals surface area (Å²) in [7, 11) is 0. The lowest BCUT2D eigenvalue weighted by Crippen LogP contribution is -2.38. The second-order valence-corrected chi connectivity index (χ2v) is 8.65. The second kappa shape index (κ2) is 12.0. The van der Waals surface area contributed by atoms with Gasteiger partial charge in [-0.2, -0.15) is 4.98 Å². The maximum Gasteiger partial charge on any atom is 0.349 e. The van der Waals surface area contributed by atoms with Crippen molar-refractivity contribution in [2.75, 3.05) is 29.9 Å². The Morgan fingerprint density at radius 2 is 1.86 bits per heavy atom. The third-order valence-electron chi connectivity index (χ3n) is 5.80. The van der Waals surface area contributed by atoms with E-state index in [1.165, 1.54) is 4.57 Å². The molecule has 0 radical (unpaired) electrons. The number of benzene rings is 1. The third kappa shape index (κ3) is 7.56. The molecule has 4 rings (SSSR count). The summed E-state index contributed by atoms with van der Waals surface area (Å²) in [6, 6.07) is 7.98. The van der Waals surface area contributed by atoms with Crippen molar-refractivity contribution < 1.29 is 19.8 Å². The van der Waals surface area contributed by atoms with Gasteiger partial charge in [-0.05, 0) is 44.2 Å². The number of anilines is 2. The summed E-state index contributed by atoms with van der Waals surface area (Å²) in [6.45, 7) is 5.95. The van der Waals surface area contributed by atoms with Crippen LogP contribution in [0.2, 0.25) is 0 Å². The van der Waals surface area contributed by atoms with Crippen molar-refractivity contribution in [1.29, 1.82) is 0 Å². The van der Waals surface area contributed by atoms with Crippen molar-refractivity contribution in [3.63, 3.8) is 0 Å². The lowest BCUT2D eigenvalue weighted by molar-refractivity contribution is -0.137. The van der Waals surface area contributed by atoms with Crippen LogP contribution in [0.1, 0.15) is 38.2 Å². The van der Waals surface area contributed by atoms with Gasteiger partial charge >= 0.3 is 11.7 Å². The molecule has 0 atom stereocenters. The monoisotopic (exact) mass is 484 g/mol. The van der Waals surface area contributed by atoms with Crippen molar-refractivity contribution in [2.45, 2.75) is 46.1 Å². The number of aromatic nitrogens is 4. The van der Waals surface area contributed by atoms with Gasteiger partial charge in [0.1, 0.15) is 5.82 Å². The van der Waals surface area contributed by atoms with Gasteiger partial charge in [0, 0.05) is 51.3 Å². The van der Waals surface area contributed by atoms with E-state index < -0.39 is 11.9 Å². The Bertz CT molecular complexity index is 1180. The standard InChI is InChI=1S/C22H28N6O3.C2H4O2/c1-15-14-28(10-4-7-19(29)30)22(31)26-20(15)27-11-8-16(9-12-27)13-23-21-24-17-5-2-3-6-18(17)25-21;1-2(3)4/h2-3,5-6,14,16H,4,7-13H2,1H3,(H,29,30)(H2,23,24,25);1H3,(H,3,4). The Labute approximate surface area is 202 Å². The molecule has 1 aliphatic rings. The van der Waals surface area contributed by atoms with E-state index in [-0.39, 0.29) is 12.1 Å². The summed E-state index contributed by atoms with van der Waals surface area (Å²) in [5, 5.41) is 19.6. The summed E-state index contributed by atoms with van der Waals surface area (Å²) in [5.74, 6) is 0.379. The van der Waals surface area contributed by atoms with Crippen molar-refractivity contribution in [3.05, 3.63) is 46.5 Å². The first-order chi connectivity index (χ1) is 16.7. The molecule has 1 saturated heterocycles. The minimum atomic E-state index is -0.855. The molecule has 0 amide bonds. The van der Waals surface area contributed by atoms with E-state index >= 15 is 0 Å². The van der Waals surface area contributed by atoms with Crippen LogP contribution in [0.15, 0.2) is 35.3 Å². The normalized spacial score (nSPS) is 13.8. The molecule has 11 nitrogen and oxygen atoms in total. The van der Waals surface area contributed by atoms with Crippen molar-refractivity contribution in [2.24, 2.45) is 5.92 Å². The number of rotatable bonds is 8. The van der Waals surface area contributed by atoms with Crippen molar-refractivity contribution in [3.8, 4) is 0 Å². The van der Waals surface area contributed by atoms with Crippen LogP contribution in [-0.2, 0) is 16.1 Å². The molecule has 0 saturated carbocycles. The lowest BCUT2D eigenvalue weighted by atomic mass is 9.96. The molecule has 1 aliphatic heterocycles.